The summed E-state index contributed by atoms with van der Waals surface area (Å²) >= 11 is 6.80. The van der Waals surface area contributed by atoms with Gasteiger partial charge in [-0.25, -0.2) is 10.4 Å². The second kappa shape index (κ2) is 8.38. The molecule has 0 radical (unpaired) electrons. The van der Waals surface area contributed by atoms with Crippen LogP contribution in [0.4, 0.5) is 0 Å². The summed E-state index contributed by atoms with van der Waals surface area (Å²) in [5, 5.41) is 5.95. The first kappa shape index (κ1) is 20.3. The Hall–Kier alpha value is -2.03. The fraction of sp³-hybridized carbons (Fsp3) is 0.286. The molecular weight excluding hydrogens is 500 g/mol. The van der Waals surface area contributed by atoms with Crippen LogP contribution in [0.1, 0.15) is 46.4 Å². The van der Waals surface area contributed by atoms with Crippen LogP contribution in [-0.2, 0) is 0 Å². The molecule has 1 fully saturated rings. The highest BCUT2D eigenvalue weighted by atomic mass is 79.9. The van der Waals surface area contributed by atoms with Crippen molar-refractivity contribution in [2.24, 2.45) is 11.0 Å². The minimum absolute atomic E-state index is 0.0372. The standard InChI is InChI=1S/C21H20Br2N4O2/c22-17-8-3-5-14(11-17)19(28)25-26-21-10-2-1-7-16(21)13-24-27(21)20(29)15-6-4-9-18(23)12-15/h3-6,8-9,11-13,16,26H,1-2,7,10H2,(H,25,28)/t16-,21-/m0/s1. The molecule has 2 atom stereocenters. The average molecular weight is 520 g/mol. The third-order valence-electron chi connectivity index (χ3n) is 5.42. The van der Waals surface area contributed by atoms with Gasteiger partial charge in [0.1, 0.15) is 5.66 Å². The lowest BCUT2D eigenvalue weighted by Crippen LogP contribution is -2.66. The number of carbonyl (C=O) groups excluding carboxylic acids is 2. The molecule has 0 bridgehead atoms. The first-order chi connectivity index (χ1) is 14.0. The van der Waals surface area contributed by atoms with Gasteiger partial charge in [0.2, 0.25) is 0 Å². The zero-order valence-corrected chi connectivity index (χ0v) is 18.7. The van der Waals surface area contributed by atoms with Crippen LogP contribution >= 0.6 is 31.9 Å². The highest BCUT2D eigenvalue weighted by molar-refractivity contribution is 9.10. The molecule has 8 heteroatoms. The van der Waals surface area contributed by atoms with Gasteiger partial charge in [-0.05, 0) is 55.7 Å². The van der Waals surface area contributed by atoms with E-state index >= 15 is 0 Å². The Labute approximate surface area is 186 Å². The fourth-order valence-electron chi connectivity index (χ4n) is 3.95. The molecule has 2 aromatic rings. The Morgan fingerprint density at radius 1 is 1.03 bits per heavy atom. The SMILES string of the molecule is O=C(NN[C@]12CCCC[C@H]1C=NN2C(=O)c1cccc(Br)c1)c1cccc(Br)c1. The molecule has 0 unspecified atom stereocenters. The molecule has 2 N–H and O–H groups in total. The number of rotatable bonds is 4. The summed E-state index contributed by atoms with van der Waals surface area (Å²) in [6, 6.07) is 14.4. The van der Waals surface area contributed by atoms with Crippen molar-refractivity contribution in [3.05, 3.63) is 68.6 Å². The molecule has 1 heterocycles. The second-order valence-corrected chi connectivity index (χ2v) is 9.09. The largest absolute Gasteiger partial charge is 0.285 e. The zero-order valence-electron chi connectivity index (χ0n) is 15.6. The molecule has 2 aromatic carbocycles. The fourth-order valence-corrected chi connectivity index (χ4v) is 4.74. The number of fused-ring (bicyclic) bond motifs is 1. The van der Waals surface area contributed by atoms with Crippen LogP contribution in [0.15, 0.2) is 62.6 Å². The number of benzene rings is 2. The zero-order chi connectivity index (χ0) is 20.4. The van der Waals surface area contributed by atoms with Crippen LogP contribution in [-0.4, -0.2) is 28.7 Å². The molecule has 1 saturated carbocycles. The van der Waals surface area contributed by atoms with Crippen LogP contribution in [0, 0.1) is 5.92 Å². The second-order valence-electron chi connectivity index (χ2n) is 7.26. The molecule has 2 aliphatic rings. The van der Waals surface area contributed by atoms with Gasteiger partial charge in [0.25, 0.3) is 11.8 Å². The van der Waals surface area contributed by atoms with Gasteiger partial charge in [0.15, 0.2) is 0 Å². The van der Waals surface area contributed by atoms with E-state index in [1.807, 2.05) is 30.5 Å². The van der Waals surface area contributed by atoms with Gasteiger partial charge in [-0.3, -0.25) is 15.0 Å². The van der Waals surface area contributed by atoms with Gasteiger partial charge in [-0.1, -0.05) is 50.4 Å². The van der Waals surface area contributed by atoms with E-state index in [1.54, 1.807) is 24.3 Å². The van der Waals surface area contributed by atoms with Crippen LogP contribution in [0.5, 0.6) is 0 Å². The highest BCUT2D eigenvalue weighted by Crippen LogP contribution is 2.40. The summed E-state index contributed by atoms with van der Waals surface area (Å²) in [7, 11) is 0. The number of hydrazone groups is 1. The lowest BCUT2D eigenvalue weighted by atomic mass is 9.80. The van der Waals surface area contributed by atoms with Crippen molar-refractivity contribution in [3.63, 3.8) is 0 Å². The van der Waals surface area contributed by atoms with Gasteiger partial charge < -0.3 is 0 Å². The summed E-state index contributed by atoms with van der Waals surface area (Å²) < 4.78 is 1.66. The normalized spacial score (nSPS) is 23.0. The number of hydrogen-bond acceptors (Lipinski definition) is 4. The predicted molar refractivity (Wildman–Crippen MR) is 118 cm³/mol. The molecule has 0 saturated heterocycles. The van der Waals surface area contributed by atoms with Crippen molar-refractivity contribution in [1.82, 2.24) is 15.9 Å². The molecular formula is C21H20Br2N4O2. The van der Waals surface area contributed by atoms with E-state index in [4.69, 9.17) is 0 Å². The Balaban J connectivity index is 1.58. The van der Waals surface area contributed by atoms with Gasteiger partial charge in [0.05, 0.1) is 0 Å². The van der Waals surface area contributed by atoms with E-state index in [-0.39, 0.29) is 17.7 Å². The maximum Gasteiger partial charge on any atom is 0.275 e. The summed E-state index contributed by atoms with van der Waals surface area (Å²) in [5.74, 6) is -0.418. The lowest BCUT2D eigenvalue weighted by Gasteiger charge is -2.43. The smallest absolute Gasteiger partial charge is 0.275 e. The molecule has 29 heavy (non-hydrogen) atoms. The van der Waals surface area contributed by atoms with Crippen molar-refractivity contribution in [2.75, 3.05) is 0 Å². The number of hydrogen-bond donors (Lipinski definition) is 2. The van der Waals surface area contributed by atoms with E-state index in [2.05, 4.69) is 47.8 Å². The topological polar surface area (TPSA) is 73.8 Å². The van der Waals surface area contributed by atoms with E-state index < -0.39 is 5.66 Å². The van der Waals surface area contributed by atoms with Crippen molar-refractivity contribution >= 4 is 49.9 Å². The van der Waals surface area contributed by atoms with Crippen molar-refractivity contribution in [2.45, 2.75) is 31.3 Å². The Morgan fingerprint density at radius 3 is 2.45 bits per heavy atom. The minimum Gasteiger partial charge on any atom is -0.285 e. The van der Waals surface area contributed by atoms with Crippen LogP contribution in [0.3, 0.4) is 0 Å². The molecule has 2 amide bonds. The summed E-state index contributed by atoms with van der Waals surface area (Å²) in [6.45, 7) is 0. The summed E-state index contributed by atoms with van der Waals surface area (Å²) in [6.07, 6.45) is 5.45. The first-order valence-corrected chi connectivity index (χ1v) is 11.1. The van der Waals surface area contributed by atoms with Crippen molar-refractivity contribution in [1.29, 1.82) is 0 Å². The molecule has 150 valence electrons. The first-order valence-electron chi connectivity index (χ1n) is 9.47. The number of halogens is 2. The van der Waals surface area contributed by atoms with Gasteiger partial charge >= 0.3 is 0 Å². The molecule has 4 rings (SSSR count). The van der Waals surface area contributed by atoms with Gasteiger partial charge in [0, 0.05) is 32.2 Å². The molecule has 6 nitrogen and oxygen atoms in total. The van der Waals surface area contributed by atoms with E-state index in [0.717, 1.165) is 28.2 Å². The Morgan fingerprint density at radius 2 is 1.72 bits per heavy atom. The average Bonchev–Trinajstić information content (AvgIpc) is 3.11. The van der Waals surface area contributed by atoms with Gasteiger partial charge in [-0.15, -0.1) is 0 Å². The van der Waals surface area contributed by atoms with Crippen LogP contribution in [0.25, 0.3) is 0 Å². The molecule has 0 aromatic heterocycles. The molecule has 1 aliphatic carbocycles. The maximum atomic E-state index is 13.3. The monoisotopic (exact) mass is 518 g/mol. The maximum absolute atomic E-state index is 13.3. The van der Waals surface area contributed by atoms with Crippen molar-refractivity contribution in [3.8, 4) is 0 Å². The van der Waals surface area contributed by atoms with E-state index in [9.17, 15) is 9.59 Å². The number of amides is 2. The number of carbonyl (C=O) groups is 2. The minimum atomic E-state index is -0.765. The Kier molecular flexibility index (Phi) is 5.85. The predicted octanol–water partition coefficient (Wildman–Crippen LogP) is 4.47. The number of nitrogens with zero attached hydrogens (tertiary/aromatic N) is 2. The quantitative estimate of drug-likeness (QED) is 0.585. The third kappa shape index (κ3) is 4.01. The number of nitrogens with one attached hydrogen (secondary N) is 2. The highest BCUT2D eigenvalue weighted by Gasteiger charge is 2.51. The van der Waals surface area contributed by atoms with Gasteiger partial charge in [-0.2, -0.15) is 5.10 Å². The van der Waals surface area contributed by atoms with E-state index in [0.29, 0.717) is 17.5 Å². The summed E-state index contributed by atoms with van der Waals surface area (Å²) in [4.78, 5) is 25.9. The number of hydrazine groups is 1. The van der Waals surface area contributed by atoms with Crippen molar-refractivity contribution < 1.29 is 9.59 Å². The third-order valence-corrected chi connectivity index (χ3v) is 6.41. The van der Waals surface area contributed by atoms with Crippen LogP contribution in [0.2, 0.25) is 0 Å². The Bertz CT molecular complexity index is 981. The van der Waals surface area contributed by atoms with E-state index in [1.165, 1.54) is 5.01 Å². The van der Waals surface area contributed by atoms with Crippen LogP contribution < -0.4 is 10.9 Å². The lowest BCUT2D eigenvalue weighted by molar-refractivity contribution is 0.00851. The molecule has 0 spiro atoms. The summed E-state index contributed by atoms with van der Waals surface area (Å²) in [5.41, 5.74) is 6.30. The molecule has 1 aliphatic heterocycles.